The largest absolute Gasteiger partial charge is 0.363 e. The maximum Gasteiger partial charge on any atom is 0.131 e. The molecule has 0 aliphatic heterocycles. The lowest BCUT2D eigenvalue weighted by Crippen LogP contribution is -2.11. The van der Waals surface area contributed by atoms with Gasteiger partial charge in [0.25, 0.3) is 0 Å². The number of nitriles is 1. The Bertz CT molecular complexity index is 1290. The van der Waals surface area contributed by atoms with Crippen molar-refractivity contribution in [1.82, 2.24) is 14.5 Å². The summed E-state index contributed by atoms with van der Waals surface area (Å²) in [6, 6.07) is 19.6. The second-order valence-electron chi connectivity index (χ2n) is 7.47. The van der Waals surface area contributed by atoms with E-state index in [1.165, 1.54) is 0 Å². The molecule has 0 N–H and O–H groups in total. The minimum atomic E-state index is -0.413. The summed E-state index contributed by atoms with van der Waals surface area (Å²) in [7, 11) is 1.92. The first kappa shape index (κ1) is 24.8. The molecule has 2 heterocycles. The van der Waals surface area contributed by atoms with Crippen LogP contribution in [0.3, 0.4) is 0 Å². The van der Waals surface area contributed by atoms with Crippen LogP contribution in [0.4, 0.5) is 0 Å². The zero-order chi connectivity index (χ0) is 22.7. The number of hydrogen-bond donors (Lipinski definition) is 0. The van der Waals surface area contributed by atoms with Crippen molar-refractivity contribution in [1.29, 1.82) is 5.26 Å². The Balaban J connectivity index is 0.00000306. The fourth-order valence-corrected chi connectivity index (χ4v) is 4.18. The number of hydrogen-bond acceptors (Lipinski definition) is 4. The predicted octanol–water partition coefficient (Wildman–Crippen LogP) is 6.70. The van der Waals surface area contributed by atoms with Gasteiger partial charge in [0, 0.05) is 12.6 Å². The molecule has 1 unspecified atom stereocenters. The van der Waals surface area contributed by atoms with Crippen LogP contribution in [0.25, 0.3) is 11.1 Å². The summed E-state index contributed by atoms with van der Waals surface area (Å²) in [5, 5.41) is 10.3. The van der Waals surface area contributed by atoms with Crippen LogP contribution < -0.4 is 0 Å². The van der Waals surface area contributed by atoms with E-state index in [2.05, 4.69) is 16.0 Å². The van der Waals surface area contributed by atoms with Gasteiger partial charge in [-0.3, -0.25) is 0 Å². The van der Waals surface area contributed by atoms with E-state index < -0.39 is 6.10 Å². The molecule has 2 aromatic heterocycles. The highest BCUT2D eigenvalue weighted by Crippen LogP contribution is 2.33. The molecule has 168 valence electrons. The average molecular weight is 500 g/mol. The minimum absolute atomic E-state index is 0. The molecule has 0 fully saturated rings. The Morgan fingerprint density at radius 1 is 1.06 bits per heavy atom. The zero-order valence-electron chi connectivity index (χ0n) is 18.0. The number of nitrogens with zero attached hydrogens (tertiary/aromatic N) is 4. The molecule has 0 spiro atoms. The molecule has 4 aromatic rings. The molecular weight excluding hydrogens is 479 g/mol. The number of benzene rings is 2. The molecule has 5 nitrogen and oxygen atoms in total. The highest BCUT2D eigenvalue weighted by atomic mass is 35.5. The van der Waals surface area contributed by atoms with Crippen molar-refractivity contribution < 1.29 is 4.74 Å². The summed E-state index contributed by atoms with van der Waals surface area (Å²) in [6.07, 6.45) is 3.10. The van der Waals surface area contributed by atoms with Gasteiger partial charge < -0.3 is 9.30 Å². The summed E-state index contributed by atoms with van der Waals surface area (Å²) in [5.74, 6) is 0. The third kappa shape index (κ3) is 5.55. The Morgan fingerprint density at radius 3 is 2.42 bits per heavy atom. The molecule has 0 saturated heterocycles. The quantitative estimate of drug-likeness (QED) is 0.277. The highest BCUT2D eigenvalue weighted by Gasteiger charge is 2.21. The second-order valence-corrected chi connectivity index (χ2v) is 8.25. The van der Waals surface area contributed by atoms with Gasteiger partial charge in [-0.15, -0.1) is 12.4 Å². The third-order valence-electron chi connectivity index (χ3n) is 5.26. The lowest BCUT2D eigenvalue weighted by Gasteiger charge is -2.21. The number of aromatic nitrogens is 3. The number of aryl methyl sites for hydroxylation is 2. The Kier molecular flexibility index (Phi) is 8.12. The van der Waals surface area contributed by atoms with E-state index in [9.17, 15) is 5.26 Å². The first-order valence-corrected chi connectivity index (χ1v) is 10.7. The Labute approximate surface area is 209 Å². The molecule has 1 atom stereocenters. The number of imidazole rings is 1. The fourth-order valence-electron chi connectivity index (χ4n) is 3.67. The molecule has 0 aliphatic carbocycles. The van der Waals surface area contributed by atoms with Gasteiger partial charge in [0.15, 0.2) is 0 Å². The van der Waals surface area contributed by atoms with Crippen LogP contribution in [0.1, 0.15) is 34.1 Å². The van der Waals surface area contributed by atoms with Gasteiger partial charge in [-0.2, -0.15) is 5.26 Å². The van der Waals surface area contributed by atoms with Crippen molar-refractivity contribution in [3.63, 3.8) is 0 Å². The van der Waals surface area contributed by atoms with Gasteiger partial charge in [-0.05, 0) is 53.4 Å². The van der Waals surface area contributed by atoms with E-state index in [1.807, 2.05) is 61.0 Å². The Morgan fingerprint density at radius 2 is 1.79 bits per heavy atom. The number of halogens is 3. The highest BCUT2D eigenvalue weighted by molar-refractivity contribution is 6.32. The number of ether oxygens (including phenoxy) is 1. The van der Waals surface area contributed by atoms with Crippen molar-refractivity contribution in [2.24, 2.45) is 7.05 Å². The fraction of sp³-hybridized carbons (Fsp3) is 0.160. The maximum absolute atomic E-state index is 9.71. The second kappa shape index (κ2) is 10.8. The van der Waals surface area contributed by atoms with Crippen molar-refractivity contribution in [2.45, 2.75) is 19.6 Å². The Hall–Kier alpha value is -2.88. The van der Waals surface area contributed by atoms with E-state index >= 15 is 0 Å². The van der Waals surface area contributed by atoms with Crippen LogP contribution in [-0.4, -0.2) is 14.5 Å². The van der Waals surface area contributed by atoms with Crippen LogP contribution in [0, 0.1) is 18.3 Å². The third-order valence-corrected chi connectivity index (χ3v) is 5.65. The standard InChI is InChI=1S/C25H20Cl2N4O.ClH/c1-16-5-3-4-6-20(16)21-11-18(7-8-19(21)12-28)25(22-13-29-15-31(22)2)32-14-17-9-23(26)30-24(27)10-17;/h3-11,13,15,25H,14H2,1-2H3;1H. The van der Waals surface area contributed by atoms with Crippen molar-refractivity contribution in [3.8, 4) is 17.2 Å². The van der Waals surface area contributed by atoms with Gasteiger partial charge >= 0.3 is 0 Å². The van der Waals surface area contributed by atoms with Crippen molar-refractivity contribution in [3.05, 3.63) is 105 Å². The van der Waals surface area contributed by atoms with E-state index in [4.69, 9.17) is 27.9 Å². The van der Waals surface area contributed by atoms with Crippen LogP contribution in [-0.2, 0) is 18.4 Å². The van der Waals surface area contributed by atoms with Gasteiger partial charge in [-0.1, -0.05) is 53.5 Å². The van der Waals surface area contributed by atoms with E-state index in [1.54, 1.807) is 24.7 Å². The first-order chi connectivity index (χ1) is 15.5. The lowest BCUT2D eigenvalue weighted by atomic mass is 9.93. The smallest absolute Gasteiger partial charge is 0.131 e. The summed E-state index contributed by atoms with van der Waals surface area (Å²) in [6.45, 7) is 2.31. The van der Waals surface area contributed by atoms with Gasteiger partial charge in [0.05, 0.1) is 36.5 Å². The number of pyridine rings is 1. The lowest BCUT2D eigenvalue weighted by molar-refractivity contribution is 0.0622. The summed E-state index contributed by atoms with van der Waals surface area (Å²) in [5.41, 5.74) is 6.21. The van der Waals surface area contributed by atoms with Crippen molar-refractivity contribution in [2.75, 3.05) is 0 Å². The summed E-state index contributed by atoms with van der Waals surface area (Å²) in [4.78, 5) is 8.24. The average Bonchev–Trinajstić information content (AvgIpc) is 3.19. The molecule has 0 bridgehead atoms. The molecule has 8 heteroatoms. The molecular formula is C25H21Cl3N4O. The van der Waals surface area contributed by atoms with E-state index in [0.29, 0.717) is 15.9 Å². The van der Waals surface area contributed by atoms with Crippen molar-refractivity contribution >= 4 is 35.6 Å². The van der Waals surface area contributed by atoms with Crippen LogP contribution in [0.2, 0.25) is 10.3 Å². The van der Waals surface area contributed by atoms with Crippen LogP contribution in [0.5, 0.6) is 0 Å². The predicted molar refractivity (Wildman–Crippen MR) is 133 cm³/mol. The first-order valence-electron chi connectivity index (χ1n) is 9.96. The monoisotopic (exact) mass is 498 g/mol. The summed E-state index contributed by atoms with van der Waals surface area (Å²) >= 11 is 12.1. The van der Waals surface area contributed by atoms with E-state index in [-0.39, 0.29) is 19.0 Å². The zero-order valence-corrected chi connectivity index (χ0v) is 20.3. The SMILES string of the molecule is Cc1ccccc1-c1cc(C(OCc2cc(Cl)nc(Cl)c2)c2cncn2C)ccc1C#N.Cl. The maximum atomic E-state index is 9.71. The molecule has 4 rings (SSSR count). The van der Waals surface area contributed by atoms with Crippen LogP contribution >= 0.6 is 35.6 Å². The molecule has 0 saturated carbocycles. The molecule has 0 aliphatic rings. The van der Waals surface area contributed by atoms with Gasteiger partial charge in [0.2, 0.25) is 0 Å². The topological polar surface area (TPSA) is 63.7 Å². The van der Waals surface area contributed by atoms with Gasteiger partial charge in [-0.25, -0.2) is 9.97 Å². The molecule has 2 aromatic carbocycles. The summed E-state index contributed by atoms with van der Waals surface area (Å²) < 4.78 is 8.27. The molecule has 33 heavy (non-hydrogen) atoms. The van der Waals surface area contributed by atoms with Gasteiger partial charge in [0.1, 0.15) is 16.4 Å². The molecule has 0 radical (unpaired) electrons. The number of rotatable bonds is 6. The minimum Gasteiger partial charge on any atom is -0.363 e. The van der Waals surface area contributed by atoms with E-state index in [0.717, 1.165) is 33.5 Å². The normalized spacial score (nSPS) is 11.5. The molecule has 0 amide bonds. The van der Waals surface area contributed by atoms with Crippen LogP contribution in [0.15, 0.2) is 67.1 Å².